The van der Waals surface area contributed by atoms with E-state index in [0.717, 1.165) is 30.8 Å². The van der Waals surface area contributed by atoms with Gasteiger partial charge in [0.25, 0.3) is 5.56 Å². The van der Waals surface area contributed by atoms with Crippen LogP contribution in [0.3, 0.4) is 0 Å². The number of aromatic nitrogens is 1. The number of hydrogen-bond donors (Lipinski definition) is 3. The Morgan fingerprint density at radius 1 is 1.24 bits per heavy atom. The monoisotopic (exact) mass is 285 g/mol. The van der Waals surface area contributed by atoms with Crippen LogP contribution >= 0.6 is 0 Å². The van der Waals surface area contributed by atoms with Crippen LogP contribution in [-0.4, -0.2) is 28.5 Å². The molecule has 1 saturated heterocycles. The van der Waals surface area contributed by atoms with Gasteiger partial charge in [-0.25, -0.2) is 0 Å². The van der Waals surface area contributed by atoms with Crippen molar-refractivity contribution >= 4 is 5.69 Å². The van der Waals surface area contributed by atoms with Crippen molar-refractivity contribution in [2.45, 2.75) is 25.1 Å². The molecule has 0 saturated carbocycles. The van der Waals surface area contributed by atoms with Crippen molar-refractivity contribution in [2.24, 2.45) is 0 Å². The van der Waals surface area contributed by atoms with Crippen molar-refractivity contribution in [2.75, 3.05) is 11.9 Å². The summed E-state index contributed by atoms with van der Waals surface area (Å²) in [6.45, 7) is 0.958. The molecule has 3 rings (SSSR count). The van der Waals surface area contributed by atoms with Gasteiger partial charge in [-0.1, -0.05) is 6.07 Å². The molecule has 1 aliphatic heterocycles. The summed E-state index contributed by atoms with van der Waals surface area (Å²) in [5, 5.41) is 16.5. The van der Waals surface area contributed by atoms with Gasteiger partial charge in [-0.3, -0.25) is 9.36 Å². The minimum atomic E-state index is -0.599. The number of nitrogens with zero attached hydrogens (tertiary/aromatic N) is 1. The predicted molar refractivity (Wildman–Crippen MR) is 82.7 cm³/mol. The molecule has 3 N–H and O–H groups in total. The van der Waals surface area contributed by atoms with Crippen LogP contribution in [0.5, 0.6) is 0 Å². The average Bonchev–Trinajstić information content (AvgIpc) is 3.03. The van der Waals surface area contributed by atoms with Crippen molar-refractivity contribution in [3.05, 3.63) is 59.0 Å². The topological polar surface area (TPSA) is 66.3 Å². The second kappa shape index (κ2) is 6.11. The Balaban J connectivity index is 1.72. The number of pyridine rings is 1. The van der Waals surface area contributed by atoms with Crippen LogP contribution in [0.2, 0.25) is 0 Å². The maximum Gasteiger partial charge on any atom is 0.255 e. The van der Waals surface area contributed by atoms with E-state index in [0.29, 0.717) is 0 Å². The number of aliphatic hydroxyl groups excluding tert-OH is 1. The zero-order chi connectivity index (χ0) is 14.7. The van der Waals surface area contributed by atoms with Crippen molar-refractivity contribution in [1.82, 2.24) is 9.88 Å². The summed E-state index contributed by atoms with van der Waals surface area (Å²) in [6, 6.07) is 12.6. The van der Waals surface area contributed by atoms with Gasteiger partial charge in [-0.2, -0.15) is 0 Å². The van der Waals surface area contributed by atoms with Gasteiger partial charge < -0.3 is 15.7 Å². The molecule has 2 atom stereocenters. The third kappa shape index (κ3) is 3.15. The van der Waals surface area contributed by atoms with E-state index in [9.17, 15) is 9.90 Å². The van der Waals surface area contributed by atoms with Gasteiger partial charge in [0.1, 0.15) is 6.23 Å². The molecule has 5 nitrogen and oxygen atoms in total. The Morgan fingerprint density at radius 2 is 2.05 bits per heavy atom. The lowest BCUT2D eigenvalue weighted by Gasteiger charge is -2.20. The summed E-state index contributed by atoms with van der Waals surface area (Å²) in [4.78, 5) is 11.8. The number of hydrogen-bond acceptors (Lipinski definition) is 4. The highest BCUT2D eigenvalue weighted by Gasteiger charge is 2.22. The molecule has 1 aromatic heterocycles. The third-order valence-corrected chi connectivity index (χ3v) is 3.76. The van der Waals surface area contributed by atoms with Gasteiger partial charge >= 0.3 is 0 Å². The molecule has 110 valence electrons. The fraction of sp³-hybridized carbons (Fsp3) is 0.312. The molecule has 0 radical (unpaired) electrons. The molecule has 1 aromatic carbocycles. The first-order valence-corrected chi connectivity index (χ1v) is 7.20. The average molecular weight is 285 g/mol. The first kappa shape index (κ1) is 13.9. The van der Waals surface area contributed by atoms with Gasteiger partial charge in [0.2, 0.25) is 0 Å². The summed E-state index contributed by atoms with van der Waals surface area (Å²) in [7, 11) is 0. The lowest BCUT2D eigenvalue weighted by atomic mass is 10.2. The second-order valence-electron chi connectivity index (χ2n) is 5.25. The maximum atomic E-state index is 11.8. The molecular weight excluding hydrogens is 266 g/mol. The van der Waals surface area contributed by atoms with Gasteiger partial charge in [0.05, 0.1) is 6.04 Å². The lowest BCUT2D eigenvalue weighted by Crippen LogP contribution is -2.39. The van der Waals surface area contributed by atoms with E-state index >= 15 is 0 Å². The highest BCUT2D eigenvalue weighted by Crippen LogP contribution is 2.16. The SMILES string of the molecule is O=c1ccccn1-c1ccc(N[C@H](O)C2CCCN2)cc1. The summed E-state index contributed by atoms with van der Waals surface area (Å²) < 4.78 is 1.58. The van der Waals surface area contributed by atoms with Crippen molar-refractivity contribution in [1.29, 1.82) is 0 Å². The quantitative estimate of drug-likeness (QED) is 0.741. The van der Waals surface area contributed by atoms with Crippen LogP contribution in [0.4, 0.5) is 5.69 Å². The van der Waals surface area contributed by atoms with Crippen LogP contribution in [0.15, 0.2) is 53.5 Å². The van der Waals surface area contributed by atoms with Crippen molar-refractivity contribution in [3.63, 3.8) is 0 Å². The Morgan fingerprint density at radius 3 is 2.71 bits per heavy atom. The van der Waals surface area contributed by atoms with Gasteiger partial charge in [-0.05, 0) is 49.7 Å². The fourth-order valence-corrected chi connectivity index (χ4v) is 2.61. The Bertz CT molecular complexity index is 645. The number of nitrogens with one attached hydrogen (secondary N) is 2. The molecule has 0 spiro atoms. The van der Waals surface area contributed by atoms with E-state index in [4.69, 9.17) is 0 Å². The Kier molecular flexibility index (Phi) is 4.03. The maximum absolute atomic E-state index is 11.8. The number of benzene rings is 1. The third-order valence-electron chi connectivity index (χ3n) is 3.76. The molecule has 1 unspecified atom stereocenters. The number of anilines is 1. The molecule has 2 aromatic rings. The number of rotatable bonds is 4. The number of aliphatic hydroxyl groups is 1. The second-order valence-corrected chi connectivity index (χ2v) is 5.25. The van der Waals surface area contributed by atoms with Crippen molar-refractivity contribution in [3.8, 4) is 5.69 Å². The van der Waals surface area contributed by atoms with Crippen molar-refractivity contribution < 1.29 is 5.11 Å². The molecular formula is C16H19N3O2. The summed E-state index contributed by atoms with van der Waals surface area (Å²) in [6.07, 6.45) is 3.21. The van der Waals surface area contributed by atoms with E-state index in [1.807, 2.05) is 30.3 Å². The van der Waals surface area contributed by atoms with E-state index < -0.39 is 6.23 Å². The summed E-state index contributed by atoms with van der Waals surface area (Å²) in [5.41, 5.74) is 1.58. The molecule has 0 amide bonds. The molecule has 0 bridgehead atoms. The molecule has 1 aliphatic rings. The van der Waals surface area contributed by atoms with Gasteiger partial charge in [0, 0.05) is 23.6 Å². The van der Waals surface area contributed by atoms with Gasteiger partial charge in [-0.15, -0.1) is 0 Å². The molecule has 5 heteroatoms. The first-order valence-electron chi connectivity index (χ1n) is 7.20. The van der Waals surface area contributed by atoms with E-state index in [1.54, 1.807) is 16.8 Å². The Hall–Kier alpha value is -2.11. The highest BCUT2D eigenvalue weighted by molar-refractivity contribution is 5.49. The molecule has 1 fully saturated rings. The molecule has 0 aliphatic carbocycles. The standard InChI is InChI=1S/C16H19N3O2/c20-15-5-1-2-11-19(15)13-8-6-12(7-9-13)18-16(21)14-4-3-10-17-14/h1-2,5-9,11,14,16-18,21H,3-4,10H2/t14?,16-/m1/s1. The minimum absolute atomic E-state index is 0.0617. The molecule has 21 heavy (non-hydrogen) atoms. The van der Waals surface area contributed by atoms with Gasteiger partial charge in [0.15, 0.2) is 0 Å². The fourth-order valence-electron chi connectivity index (χ4n) is 2.61. The smallest absolute Gasteiger partial charge is 0.255 e. The van der Waals surface area contributed by atoms with Crippen LogP contribution in [0.1, 0.15) is 12.8 Å². The summed E-state index contributed by atoms with van der Waals surface area (Å²) >= 11 is 0. The minimum Gasteiger partial charge on any atom is -0.372 e. The van der Waals surface area contributed by atoms with E-state index in [1.165, 1.54) is 6.07 Å². The van der Waals surface area contributed by atoms with E-state index in [-0.39, 0.29) is 11.6 Å². The summed E-state index contributed by atoms with van der Waals surface area (Å²) in [5.74, 6) is 0. The highest BCUT2D eigenvalue weighted by atomic mass is 16.3. The largest absolute Gasteiger partial charge is 0.372 e. The van der Waals surface area contributed by atoms with Crippen LogP contribution in [0.25, 0.3) is 5.69 Å². The van der Waals surface area contributed by atoms with Crippen LogP contribution < -0.4 is 16.2 Å². The zero-order valence-electron chi connectivity index (χ0n) is 11.7. The van der Waals surface area contributed by atoms with E-state index in [2.05, 4.69) is 10.6 Å². The molecule has 2 heterocycles. The van der Waals surface area contributed by atoms with Crippen LogP contribution in [0, 0.1) is 0 Å². The normalized spacial score (nSPS) is 19.4. The predicted octanol–water partition coefficient (Wildman–Crippen LogP) is 1.32. The van der Waals surface area contributed by atoms with Crippen LogP contribution in [-0.2, 0) is 0 Å². The Labute approximate surface area is 123 Å². The lowest BCUT2D eigenvalue weighted by molar-refractivity contribution is 0.163. The first-order chi connectivity index (χ1) is 10.2. The zero-order valence-corrected chi connectivity index (χ0v) is 11.7.